The molecule has 2 heterocycles. The van der Waals surface area contributed by atoms with Crippen LogP contribution in [0.5, 0.6) is 5.75 Å². The number of ether oxygens (including phenoxy) is 1. The summed E-state index contributed by atoms with van der Waals surface area (Å²) in [5.41, 5.74) is 3.03. The molecule has 0 aliphatic carbocycles. The lowest BCUT2D eigenvalue weighted by atomic mass is 10.1. The number of hydrogen-bond acceptors (Lipinski definition) is 3. The summed E-state index contributed by atoms with van der Waals surface area (Å²) in [4.78, 5) is 15.0. The summed E-state index contributed by atoms with van der Waals surface area (Å²) in [6.07, 6.45) is 3.31. The summed E-state index contributed by atoms with van der Waals surface area (Å²) >= 11 is 0. The maximum absolute atomic E-state index is 13.1. The molecule has 132 valence electrons. The minimum Gasteiger partial charge on any atom is -0.493 e. The van der Waals surface area contributed by atoms with E-state index in [2.05, 4.69) is 12.1 Å². The number of rotatable bonds is 6. The van der Waals surface area contributed by atoms with Gasteiger partial charge in [0.25, 0.3) is 5.91 Å². The number of amides is 1. The summed E-state index contributed by atoms with van der Waals surface area (Å²) in [5.74, 6) is 1.70. The van der Waals surface area contributed by atoms with Crippen LogP contribution in [0.15, 0.2) is 71.3 Å². The van der Waals surface area contributed by atoms with E-state index >= 15 is 0 Å². The van der Waals surface area contributed by atoms with Crippen LogP contribution in [0.25, 0.3) is 0 Å². The second-order valence-corrected chi connectivity index (χ2v) is 6.46. The molecule has 4 nitrogen and oxygen atoms in total. The van der Waals surface area contributed by atoms with Gasteiger partial charge >= 0.3 is 0 Å². The molecule has 0 unspecified atom stereocenters. The predicted octanol–water partition coefficient (Wildman–Crippen LogP) is 4.10. The Morgan fingerprint density at radius 1 is 1.04 bits per heavy atom. The molecule has 0 radical (unpaired) electrons. The Bertz CT molecular complexity index is 872. The number of carbonyl (C=O) groups excluding carboxylic acids is 1. The maximum Gasteiger partial charge on any atom is 0.254 e. The monoisotopic (exact) mass is 347 g/mol. The van der Waals surface area contributed by atoms with Crippen molar-refractivity contribution in [3.8, 4) is 5.75 Å². The van der Waals surface area contributed by atoms with Gasteiger partial charge in [-0.25, -0.2) is 0 Å². The van der Waals surface area contributed by atoms with Gasteiger partial charge in [-0.05, 0) is 47.9 Å². The van der Waals surface area contributed by atoms with Gasteiger partial charge in [-0.1, -0.05) is 30.3 Å². The van der Waals surface area contributed by atoms with E-state index in [9.17, 15) is 4.79 Å². The number of hydrogen-bond donors (Lipinski definition) is 0. The molecule has 1 aromatic heterocycles. The largest absolute Gasteiger partial charge is 0.493 e. The van der Waals surface area contributed by atoms with E-state index in [1.165, 1.54) is 5.56 Å². The smallest absolute Gasteiger partial charge is 0.254 e. The van der Waals surface area contributed by atoms with E-state index in [1.807, 2.05) is 53.4 Å². The van der Waals surface area contributed by atoms with Crippen molar-refractivity contribution in [3.05, 3.63) is 89.4 Å². The van der Waals surface area contributed by atoms with Crippen molar-refractivity contribution >= 4 is 5.91 Å². The van der Waals surface area contributed by atoms with Crippen molar-refractivity contribution in [2.45, 2.75) is 19.4 Å². The highest BCUT2D eigenvalue weighted by atomic mass is 16.5. The van der Waals surface area contributed by atoms with E-state index in [0.717, 1.165) is 29.9 Å². The van der Waals surface area contributed by atoms with Gasteiger partial charge in [-0.3, -0.25) is 4.79 Å². The van der Waals surface area contributed by atoms with Crippen molar-refractivity contribution in [2.75, 3.05) is 13.2 Å². The first-order valence-electron chi connectivity index (χ1n) is 8.91. The van der Waals surface area contributed by atoms with Gasteiger partial charge < -0.3 is 14.1 Å². The zero-order valence-corrected chi connectivity index (χ0v) is 14.6. The zero-order valence-electron chi connectivity index (χ0n) is 14.6. The van der Waals surface area contributed by atoms with Gasteiger partial charge in [0.2, 0.25) is 0 Å². The van der Waals surface area contributed by atoms with Crippen LogP contribution in [-0.4, -0.2) is 24.0 Å². The topological polar surface area (TPSA) is 42.7 Å². The molecule has 2 aromatic carbocycles. The molecule has 0 atom stereocenters. The molecule has 0 N–H and O–H groups in total. The average molecular weight is 347 g/mol. The molecule has 0 bridgehead atoms. The van der Waals surface area contributed by atoms with Gasteiger partial charge in [-0.2, -0.15) is 0 Å². The molecule has 4 rings (SSSR count). The Labute approximate surface area is 153 Å². The molecule has 1 aliphatic rings. The molecule has 26 heavy (non-hydrogen) atoms. The molecule has 0 spiro atoms. The van der Waals surface area contributed by atoms with Crippen LogP contribution in [0, 0.1) is 0 Å². The lowest BCUT2D eigenvalue weighted by Gasteiger charge is -2.22. The first kappa shape index (κ1) is 16.5. The summed E-state index contributed by atoms with van der Waals surface area (Å²) in [5, 5.41) is 0. The number of furan rings is 1. The van der Waals surface area contributed by atoms with Crippen molar-refractivity contribution in [1.82, 2.24) is 4.90 Å². The lowest BCUT2D eigenvalue weighted by molar-refractivity contribution is 0.0733. The minimum absolute atomic E-state index is 0.0204. The van der Waals surface area contributed by atoms with E-state index in [0.29, 0.717) is 25.3 Å². The number of carbonyl (C=O) groups is 1. The van der Waals surface area contributed by atoms with E-state index in [-0.39, 0.29) is 5.91 Å². The Kier molecular flexibility index (Phi) is 4.73. The normalized spacial score (nSPS) is 12.5. The molecule has 0 saturated heterocycles. The molecule has 0 fully saturated rings. The standard InChI is InChI=1S/C22H21NO3/c24-22(19-8-9-21-18(15-19)11-14-26-21)23(16-20-7-4-13-25-20)12-10-17-5-2-1-3-6-17/h1-9,13,15H,10-12,14,16H2. The van der Waals surface area contributed by atoms with Crippen molar-refractivity contribution in [2.24, 2.45) is 0 Å². The summed E-state index contributed by atoms with van der Waals surface area (Å²) < 4.78 is 11.0. The van der Waals surface area contributed by atoms with Crippen LogP contribution in [0.1, 0.15) is 27.2 Å². The quantitative estimate of drug-likeness (QED) is 0.674. The van der Waals surface area contributed by atoms with E-state index < -0.39 is 0 Å². The summed E-state index contributed by atoms with van der Waals surface area (Å²) in [6, 6.07) is 19.7. The molecule has 1 amide bonds. The average Bonchev–Trinajstić information content (AvgIpc) is 3.36. The Hall–Kier alpha value is -3.01. The third-order valence-corrected chi connectivity index (χ3v) is 4.66. The second-order valence-electron chi connectivity index (χ2n) is 6.46. The fourth-order valence-electron chi connectivity index (χ4n) is 3.25. The van der Waals surface area contributed by atoms with Crippen LogP contribution in [-0.2, 0) is 19.4 Å². The number of benzene rings is 2. The number of nitrogens with zero attached hydrogens (tertiary/aromatic N) is 1. The van der Waals surface area contributed by atoms with Gasteiger partial charge in [0.05, 0.1) is 19.4 Å². The van der Waals surface area contributed by atoms with Crippen LogP contribution in [0.2, 0.25) is 0 Å². The lowest BCUT2D eigenvalue weighted by Crippen LogP contribution is -2.32. The number of fused-ring (bicyclic) bond motifs is 1. The second kappa shape index (κ2) is 7.48. The highest BCUT2D eigenvalue weighted by molar-refractivity contribution is 5.94. The molecular weight excluding hydrogens is 326 g/mol. The van der Waals surface area contributed by atoms with Crippen LogP contribution < -0.4 is 4.74 Å². The fraction of sp³-hybridized carbons (Fsp3) is 0.227. The van der Waals surface area contributed by atoms with E-state index in [1.54, 1.807) is 6.26 Å². The summed E-state index contributed by atoms with van der Waals surface area (Å²) in [6.45, 7) is 1.79. The third kappa shape index (κ3) is 3.64. The Balaban J connectivity index is 1.53. The minimum atomic E-state index is 0.0204. The predicted molar refractivity (Wildman–Crippen MR) is 99.2 cm³/mol. The molecule has 0 saturated carbocycles. The van der Waals surface area contributed by atoms with Crippen molar-refractivity contribution in [3.63, 3.8) is 0 Å². The van der Waals surface area contributed by atoms with Gasteiger partial charge in [0.15, 0.2) is 0 Å². The van der Waals surface area contributed by atoms with Gasteiger partial charge in [0.1, 0.15) is 11.5 Å². The summed E-state index contributed by atoms with van der Waals surface area (Å²) in [7, 11) is 0. The first-order valence-corrected chi connectivity index (χ1v) is 8.91. The van der Waals surface area contributed by atoms with Gasteiger partial charge in [-0.15, -0.1) is 0 Å². The van der Waals surface area contributed by atoms with E-state index in [4.69, 9.17) is 9.15 Å². The molecular formula is C22H21NO3. The zero-order chi connectivity index (χ0) is 17.8. The molecule has 1 aliphatic heterocycles. The first-order chi connectivity index (χ1) is 12.8. The highest BCUT2D eigenvalue weighted by Gasteiger charge is 2.20. The molecule has 3 aromatic rings. The molecule has 4 heteroatoms. The van der Waals surface area contributed by atoms with Crippen LogP contribution in [0.3, 0.4) is 0 Å². The van der Waals surface area contributed by atoms with Crippen LogP contribution >= 0.6 is 0 Å². The Morgan fingerprint density at radius 3 is 2.73 bits per heavy atom. The van der Waals surface area contributed by atoms with Crippen molar-refractivity contribution in [1.29, 1.82) is 0 Å². The van der Waals surface area contributed by atoms with Crippen LogP contribution in [0.4, 0.5) is 0 Å². The van der Waals surface area contributed by atoms with Gasteiger partial charge in [0, 0.05) is 18.5 Å². The van der Waals surface area contributed by atoms with Crippen molar-refractivity contribution < 1.29 is 13.9 Å². The third-order valence-electron chi connectivity index (χ3n) is 4.66. The fourth-order valence-corrected chi connectivity index (χ4v) is 3.25. The highest BCUT2D eigenvalue weighted by Crippen LogP contribution is 2.26. The maximum atomic E-state index is 13.1. The Morgan fingerprint density at radius 2 is 1.92 bits per heavy atom. The SMILES string of the molecule is O=C(c1ccc2c(c1)CCO2)N(CCc1ccccc1)Cc1ccco1.